The molecule has 0 aromatic carbocycles. The quantitative estimate of drug-likeness (QED) is 0.535. The van der Waals surface area contributed by atoms with Crippen LogP contribution in [0.4, 0.5) is 0 Å². The van der Waals surface area contributed by atoms with Crippen LogP contribution < -0.4 is 11.3 Å². The first-order valence-corrected chi connectivity index (χ1v) is 7.72. The molecule has 1 unspecified atom stereocenters. The summed E-state index contributed by atoms with van der Waals surface area (Å²) in [5.74, 6) is 5.75. The maximum absolute atomic E-state index is 6.01. The van der Waals surface area contributed by atoms with E-state index in [1.54, 1.807) is 11.3 Å². The maximum Gasteiger partial charge on any atom is 0.0842 e. The summed E-state index contributed by atoms with van der Waals surface area (Å²) in [5, 5.41) is 2.12. The lowest BCUT2D eigenvalue weighted by Crippen LogP contribution is -2.54. The van der Waals surface area contributed by atoms with Gasteiger partial charge < -0.3 is 4.74 Å². The molecule has 0 aliphatic heterocycles. The van der Waals surface area contributed by atoms with Crippen molar-refractivity contribution in [1.29, 1.82) is 0 Å². The summed E-state index contributed by atoms with van der Waals surface area (Å²) in [4.78, 5) is 1.41. The molecule has 3 N–H and O–H groups in total. The van der Waals surface area contributed by atoms with Crippen LogP contribution in [0.15, 0.2) is 17.5 Å². The van der Waals surface area contributed by atoms with E-state index in [0.717, 1.165) is 32.3 Å². The van der Waals surface area contributed by atoms with Crippen LogP contribution in [0, 0.1) is 0 Å². The van der Waals surface area contributed by atoms with Gasteiger partial charge in [-0.25, -0.2) is 0 Å². The third kappa shape index (κ3) is 3.79. The fourth-order valence-electron chi connectivity index (χ4n) is 2.57. The Labute approximate surface area is 115 Å². The average molecular weight is 270 g/mol. The Morgan fingerprint density at radius 1 is 1.39 bits per heavy atom. The zero-order chi connectivity index (χ0) is 13.4. The summed E-state index contributed by atoms with van der Waals surface area (Å²) in [5.41, 5.74) is 2.83. The molecule has 1 atom stereocenters. The van der Waals surface area contributed by atoms with Gasteiger partial charge in [-0.05, 0) is 44.1 Å². The first-order chi connectivity index (χ1) is 8.72. The number of hydrogen-bond acceptors (Lipinski definition) is 4. The van der Waals surface area contributed by atoms with E-state index < -0.39 is 0 Å². The molecule has 4 heteroatoms. The first-order valence-electron chi connectivity index (χ1n) is 6.84. The van der Waals surface area contributed by atoms with E-state index in [9.17, 15) is 0 Å². The molecule has 104 valence electrons. The van der Waals surface area contributed by atoms with Crippen LogP contribution >= 0.6 is 11.3 Å². The molecule has 0 amide bonds. The summed E-state index contributed by atoms with van der Waals surface area (Å²) in [7, 11) is 0. The zero-order valence-corrected chi connectivity index (χ0v) is 12.6. The fraction of sp³-hybridized carbons (Fsp3) is 0.714. The molecule has 0 fully saturated rings. The van der Waals surface area contributed by atoms with Gasteiger partial charge in [0.25, 0.3) is 0 Å². The number of thiophene rings is 1. The highest BCUT2D eigenvalue weighted by Gasteiger charge is 2.35. The van der Waals surface area contributed by atoms with Crippen LogP contribution in [0.1, 0.15) is 44.9 Å². The topological polar surface area (TPSA) is 47.3 Å². The second kappa shape index (κ2) is 7.89. The number of nitrogens with one attached hydrogen (secondary N) is 1. The summed E-state index contributed by atoms with van der Waals surface area (Å²) < 4.78 is 6.01. The van der Waals surface area contributed by atoms with Crippen LogP contribution in [-0.4, -0.2) is 18.2 Å². The second-order valence-corrected chi connectivity index (χ2v) is 5.57. The molecular formula is C14H26N2OS. The minimum atomic E-state index is -0.138. The Balaban J connectivity index is 2.66. The standard InChI is InChI=1S/C14H26N2OS/c1-4-14(5-2,17-6-3)13(16-15)10-9-12-8-7-11-18-12/h7-8,11,13,16H,4-6,9-10,15H2,1-3H3. The first kappa shape index (κ1) is 15.6. The van der Waals surface area contributed by atoms with Gasteiger partial charge in [-0.2, -0.15) is 0 Å². The van der Waals surface area contributed by atoms with E-state index >= 15 is 0 Å². The molecular weight excluding hydrogens is 244 g/mol. The minimum Gasteiger partial charge on any atom is -0.374 e. The maximum atomic E-state index is 6.01. The fourth-order valence-corrected chi connectivity index (χ4v) is 3.30. The van der Waals surface area contributed by atoms with Crippen molar-refractivity contribution in [1.82, 2.24) is 5.43 Å². The second-order valence-electron chi connectivity index (χ2n) is 4.54. The molecule has 1 heterocycles. The Hall–Kier alpha value is -0.420. The predicted molar refractivity (Wildman–Crippen MR) is 78.7 cm³/mol. The summed E-state index contributed by atoms with van der Waals surface area (Å²) in [6, 6.07) is 4.48. The zero-order valence-electron chi connectivity index (χ0n) is 11.7. The van der Waals surface area contributed by atoms with Crippen molar-refractivity contribution in [3.63, 3.8) is 0 Å². The molecule has 0 bridgehead atoms. The number of ether oxygens (including phenoxy) is 1. The van der Waals surface area contributed by atoms with Gasteiger partial charge in [-0.1, -0.05) is 19.9 Å². The normalized spacial score (nSPS) is 13.8. The van der Waals surface area contributed by atoms with Gasteiger partial charge in [0.2, 0.25) is 0 Å². The van der Waals surface area contributed by atoms with E-state index in [2.05, 4.69) is 36.8 Å². The van der Waals surface area contributed by atoms with Gasteiger partial charge in [-0.15, -0.1) is 11.3 Å². The van der Waals surface area contributed by atoms with Gasteiger partial charge >= 0.3 is 0 Å². The summed E-state index contributed by atoms with van der Waals surface area (Å²) in [6.07, 6.45) is 4.04. The van der Waals surface area contributed by atoms with E-state index in [4.69, 9.17) is 10.6 Å². The minimum absolute atomic E-state index is 0.138. The Bertz CT molecular complexity index is 310. The number of rotatable bonds is 9. The molecule has 0 saturated heterocycles. The molecule has 1 aromatic rings. The van der Waals surface area contributed by atoms with Crippen LogP contribution in [0.3, 0.4) is 0 Å². The van der Waals surface area contributed by atoms with Crippen LogP contribution in [0.25, 0.3) is 0 Å². The molecule has 0 aliphatic carbocycles. The van der Waals surface area contributed by atoms with Gasteiger partial charge in [0, 0.05) is 11.5 Å². The monoisotopic (exact) mass is 270 g/mol. The average Bonchev–Trinajstić information content (AvgIpc) is 2.91. The van der Waals surface area contributed by atoms with Crippen molar-refractivity contribution in [2.45, 2.75) is 58.1 Å². The van der Waals surface area contributed by atoms with Crippen molar-refractivity contribution in [3.05, 3.63) is 22.4 Å². The van der Waals surface area contributed by atoms with E-state index in [1.807, 2.05) is 6.92 Å². The highest BCUT2D eigenvalue weighted by molar-refractivity contribution is 7.09. The molecule has 1 rings (SSSR count). The Kier molecular flexibility index (Phi) is 6.86. The predicted octanol–water partition coefficient (Wildman–Crippen LogP) is 3.11. The molecule has 18 heavy (non-hydrogen) atoms. The summed E-state index contributed by atoms with van der Waals surface area (Å²) in [6.45, 7) is 7.13. The largest absolute Gasteiger partial charge is 0.374 e. The van der Waals surface area contributed by atoms with Crippen molar-refractivity contribution in [2.24, 2.45) is 5.84 Å². The molecule has 0 aliphatic rings. The molecule has 0 saturated carbocycles. The van der Waals surface area contributed by atoms with Crippen molar-refractivity contribution >= 4 is 11.3 Å². The van der Waals surface area contributed by atoms with Crippen LogP contribution in [0.2, 0.25) is 0 Å². The third-order valence-electron chi connectivity index (χ3n) is 3.72. The van der Waals surface area contributed by atoms with Crippen molar-refractivity contribution < 1.29 is 4.74 Å². The molecule has 0 radical (unpaired) electrons. The molecule has 1 aromatic heterocycles. The lowest BCUT2D eigenvalue weighted by molar-refractivity contribution is -0.0737. The smallest absolute Gasteiger partial charge is 0.0842 e. The summed E-state index contributed by atoms with van der Waals surface area (Å²) >= 11 is 1.81. The lowest BCUT2D eigenvalue weighted by atomic mass is 9.85. The van der Waals surface area contributed by atoms with Crippen molar-refractivity contribution in [2.75, 3.05) is 6.61 Å². The molecule has 3 nitrogen and oxygen atoms in total. The van der Waals surface area contributed by atoms with Gasteiger partial charge in [0.15, 0.2) is 0 Å². The van der Waals surface area contributed by atoms with Crippen LogP contribution in [-0.2, 0) is 11.2 Å². The van der Waals surface area contributed by atoms with E-state index in [1.165, 1.54) is 4.88 Å². The highest BCUT2D eigenvalue weighted by atomic mass is 32.1. The van der Waals surface area contributed by atoms with Gasteiger partial charge in [-0.3, -0.25) is 11.3 Å². The lowest BCUT2D eigenvalue weighted by Gasteiger charge is -2.39. The number of hydrazine groups is 1. The Morgan fingerprint density at radius 2 is 2.11 bits per heavy atom. The van der Waals surface area contributed by atoms with Gasteiger partial charge in [0.05, 0.1) is 11.6 Å². The van der Waals surface area contributed by atoms with Crippen LogP contribution in [0.5, 0.6) is 0 Å². The molecule has 0 spiro atoms. The number of aryl methyl sites for hydroxylation is 1. The Morgan fingerprint density at radius 3 is 2.56 bits per heavy atom. The SMILES string of the molecule is CCOC(CC)(CC)C(CCc1cccs1)NN. The van der Waals surface area contributed by atoms with E-state index in [-0.39, 0.29) is 11.6 Å². The van der Waals surface area contributed by atoms with Gasteiger partial charge in [0.1, 0.15) is 0 Å². The number of hydrogen-bond donors (Lipinski definition) is 2. The number of nitrogens with two attached hydrogens (primary N) is 1. The highest BCUT2D eigenvalue weighted by Crippen LogP contribution is 2.28. The van der Waals surface area contributed by atoms with E-state index in [0.29, 0.717) is 0 Å². The van der Waals surface area contributed by atoms with Crippen molar-refractivity contribution in [3.8, 4) is 0 Å². The third-order valence-corrected chi connectivity index (χ3v) is 4.66.